The minimum absolute atomic E-state index is 0.0723. The molecule has 7 nitrogen and oxygen atoms in total. The zero-order chi connectivity index (χ0) is 18.1. The van der Waals surface area contributed by atoms with Crippen molar-refractivity contribution in [2.75, 3.05) is 0 Å². The molecular weight excluding hydrogens is 350 g/mol. The standard InChI is InChI=1S/C18H17N5O2S/c1-3-22-17(14-7-5-9-25-14)20-21-18(22)26-11-13-10-16(24)23-12(2)6-4-8-15(23)19-13/h4-10H,3,11H2,1-2H3. The van der Waals surface area contributed by atoms with Gasteiger partial charge in [-0.1, -0.05) is 17.8 Å². The molecule has 0 atom stereocenters. The molecule has 0 saturated heterocycles. The van der Waals surface area contributed by atoms with Crippen LogP contribution in [0.2, 0.25) is 0 Å². The topological polar surface area (TPSA) is 78.2 Å². The first-order valence-electron chi connectivity index (χ1n) is 8.25. The van der Waals surface area contributed by atoms with Gasteiger partial charge in [-0.2, -0.15) is 0 Å². The molecule has 132 valence electrons. The lowest BCUT2D eigenvalue weighted by atomic mass is 10.3. The normalized spacial score (nSPS) is 11.3. The van der Waals surface area contributed by atoms with E-state index < -0.39 is 0 Å². The first-order chi connectivity index (χ1) is 12.7. The van der Waals surface area contributed by atoms with Crippen LogP contribution in [0.15, 0.2) is 57.0 Å². The number of nitrogens with zero attached hydrogens (tertiary/aromatic N) is 5. The summed E-state index contributed by atoms with van der Waals surface area (Å²) >= 11 is 1.50. The van der Waals surface area contributed by atoms with Gasteiger partial charge in [0.2, 0.25) is 0 Å². The maximum atomic E-state index is 12.4. The Morgan fingerprint density at radius 2 is 2.08 bits per heavy atom. The van der Waals surface area contributed by atoms with E-state index in [1.807, 2.05) is 48.7 Å². The van der Waals surface area contributed by atoms with E-state index in [2.05, 4.69) is 15.2 Å². The summed E-state index contributed by atoms with van der Waals surface area (Å²) in [4.78, 5) is 17.0. The summed E-state index contributed by atoms with van der Waals surface area (Å²) in [7, 11) is 0. The Balaban J connectivity index is 1.62. The predicted octanol–water partition coefficient (Wildman–Crippen LogP) is 3.17. The van der Waals surface area contributed by atoms with E-state index in [1.54, 1.807) is 16.7 Å². The molecule has 0 spiro atoms. The van der Waals surface area contributed by atoms with Crippen molar-refractivity contribution in [3.63, 3.8) is 0 Å². The fraction of sp³-hybridized carbons (Fsp3) is 0.222. The SMILES string of the molecule is CCn1c(SCc2cc(=O)n3c(C)cccc3n2)nnc1-c1ccco1. The van der Waals surface area contributed by atoms with Crippen LogP contribution in [0.3, 0.4) is 0 Å². The van der Waals surface area contributed by atoms with Gasteiger partial charge in [-0.25, -0.2) is 4.98 Å². The van der Waals surface area contributed by atoms with Crippen molar-refractivity contribution in [1.29, 1.82) is 0 Å². The van der Waals surface area contributed by atoms with Crippen LogP contribution < -0.4 is 5.56 Å². The Hall–Kier alpha value is -2.87. The molecule has 0 aliphatic rings. The minimum Gasteiger partial charge on any atom is -0.461 e. The van der Waals surface area contributed by atoms with Gasteiger partial charge in [-0.05, 0) is 38.1 Å². The fourth-order valence-electron chi connectivity index (χ4n) is 2.84. The van der Waals surface area contributed by atoms with Gasteiger partial charge in [0, 0.05) is 24.1 Å². The quantitative estimate of drug-likeness (QED) is 0.504. The number of thioether (sulfide) groups is 1. The Bertz CT molecular complexity index is 1110. The second-order valence-electron chi connectivity index (χ2n) is 5.76. The summed E-state index contributed by atoms with van der Waals surface area (Å²) in [6.07, 6.45) is 1.62. The third kappa shape index (κ3) is 2.92. The molecule has 26 heavy (non-hydrogen) atoms. The van der Waals surface area contributed by atoms with Crippen molar-refractivity contribution in [3.8, 4) is 11.6 Å². The monoisotopic (exact) mass is 367 g/mol. The van der Waals surface area contributed by atoms with Crippen LogP contribution in [0, 0.1) is 6.92 Å². The van der Waals surface area contributed by atoms with Gasteiger partial charge in [0.15, 0.2) is 16.7 Å². The van der Waals surface area contributed by atoms with Gasteiger partial charge in [-0.15, -0.1) is 10.2 Å². The van der Waals surface area contributed by atoms with Crippen LogP contribution >= 0.6 is 11.8 Å². The molecule has 0 saturated carbocycles. The van der Waals surface area contributed by atoms with E-state index in [4.69, 9.17) is 4.42 Å². The van der Waals surface area contributed by atoms with Crippen LogP contribution in [-0.2, 0) is 12.3 Å². The zero-order valence-electron chi connectivity index (χ0n) is 14.4. The number of pyridine rings is 1. The van der Waals surface area contributed by atoms with E-state index in [0.717, 1.165) is 23.1 Å². The van der Waals surface area contributed by atoms with E-state index in [9.17, 15) is 4.79 Å². The lowest BCUT2D eigenvalue weighted by Gasteiger charge is -2.07. The maximum absolute atomic E-state index is 12.4. The van der Waals surface area contributed by atoms with Gasteiger partial charge in [0.05, 0.1) is 12.0 Å². The molecule has 0 aliphatic carbocycles. The summed E-state index contributed by atoms with van der Waals surface area (Å²) in [6.45, 7) is 4.64. The van der Waals surface area contributed by atoms with Crippen molar-refractivity contribution >= 4 is 17.4 Å². The first kappa shape index (κ1) is 16.6. The molecule has 0 aliphatic heterocycles. The average molecular weight is 367 g/mol. The molecule has 4 aromatic rings. The number of rotatable bonds is 5. The van der Waals surface area contributed by atoms with Gasteiger partial charge in [0.25, 0.3) is 5.56 Å². The summed E-state index contributed by atoms with van der Waals surface area (Å²) in [5.41, 5.74) is 2.17. The summed E-state index contributed by atoms with van der Waals surface area (Å²) in [5, 5.41) is 9.26. The van der Waals surface area contributed by atoms with E-state index in [1.165, 1.54) is 11.8 Å². The Morgan fingerprint density at radius 1 is 1.19 bits per heavy atom. The number of aryl methyl sites for hydroxylation is 1. The lowest BCUT2D eigenvalue weighted by molar-refractivity contribution is 0.567. The van der Waals surface area contributed by atoms with Gasteiger partial charge < -0.3 is 4.42 Å². The van der Waals surface area contributed by atoms with Gasteiger partial charge in [0.1, 0.15) is 5.65 Å². The largest absolute Gasteiger partial charge is 0.461 e. The number of hydrogen-bond donors (Lipinski definition) is 0. The number of furan rings is 1. The number of fused-ring (bicyclic) bond motifs is 1. The maximum Gasteiger partial charge on any atom is 0.258 e. The zero-order valence-corrected chi connectivity index (χ0v) is 15.2. The van der Waals surface area contributed by atoms with Crippen molar-refractivity contribution < 1.29 is 4.42 Å². The molecule has 0 aromatic carbocycles. The summed E-state index contributed by atoms with van der Waals surface area (Å²) in [5.74, 6) is 1.92. The molecule has 0 unspecified atom stereocenters. The van der Waals surface area contributed by atoms with Crippen molar-refractivity contribution in [1.82, 2.24) is 24.1 Å². The molecule has 0 amide bonds. The highest BCUT2D eigenvalue weighted by Crippen LogP contribution is 2.26. The molecule has 4 rings (SSSR count). The predicted molar refractivity (Wildman–Crippen MR) is 99.2 cm³/mol. The number of aromatic nitrogens is 5. The molecule has 4 heterocycles. The molecule has 4 aromatic heterocycles. The molecular formula is C18H17N5O2S. The summed E-state index contributed by atoms with van der Waals surface area (Å²) in [6, 6.07) is 10.9. The minimum atomic E-state index is -0.0723. The van der Waals surface area contributed by atoms with Crippen LogP contribution in [0.4, 0.5) is 0 Å². The molecule has 8 heteroatoms. The highest BCUT2D eigenvalue weighted by atomic mass is 32.2. The number of hydrogen-bond acceptors (Lipinski definition) is 6. The van der Waals surface area contributed by atoms with Gasteiger partial charge >= 0.3 is 0 Å². The Kier molecular flexibility index (Phi) is 4.34. The van der Waals surface area contributed by atoms with Gasteiger partial charge in [-0.3, -0.25) is 13.8 Å². The average Bonchev–Trinajstić information content (AvgIpc) is 3.28. The van der Waals surface area contributed by atoms with E-state index >= 15 is 0 Å². The van der Waals surface area contributed by atoms with Crippen molar-refractivity contribution in [2.45, 2.75) is 31.3 Å². The van der Waals surface area contributed by atoms with Crippen LogP contribution in [-0.4, -0.2) is 24.1 Å². The molecule has 0 bridgehead atoms. The molecule has 0 N–H and O–H groups in total. The molecule has 0 fully saturated rings. The third-order valence-electron chi connectivity index (χ3n) is 4.06. The summed E-state index contributed by atoms with van der Waals surface area (Å²) < 4.78 is 9.02. The van der Waals surface area contributed by atoms with Crippen LogP contribution in [0.1, 0.15) is 18.3 Å². The van der Waals surface area contributed by atoms with E-state index in [-0.39, 0.29) is 5.56 Å². The Labute approximate surface area is 153 Å². The van der Waals surface area contributed by atoms with Crippen LogP contribution in [0.5, 0.6) is 0 Å². The Morgan fingerprint density at radius 3 is 2.85 bits per heavy atom. The van der Waals surface area contributed by atoms with E-state index in [0.29, 0.717) is 23.0 Å². The molecule has 0 radical (unpaired) electrons. The van der Waals surface area contributed by atoms with Crippen molar-refractivity contribution in [3.05, 3.63) is 64.4 Å². The fourth-order valence-corrected chi connectivity index (χ4v) is 3.74. The highest BCUT2D eigenvalue weighted by Gasteiger charge is 2.15. The second kappa shape index (κ2) is 6.80. The highest BCUT2D eigenvalue weighted by molar-refractivity contribution is 7.98. The second-order valence-corrected chi connectivity index (χ2v) is 6.71. The third-order valence-corrected chi connectivity index (χ3v) is 5.06. The first-order valence-corrected chi connectivity index (χ1v) is 9.24. The lowest BCUT2D eigenvalue weighted by Crippen LogP contribution is -2.17. The van der Waals surface area contributed by atoms with Crippen molar-refractivity contribution in [2.24, 2.45) is 0 Å². The van der Waals surface area contributed by atoms with Crippen LogP contribution in [0.25, 0.3) is 17.2 Å². The smallest absolute Gasteiger partial charge is 0.258 e.